The Labute approximate surface area is 93.0 Å². The number of hydrogen-bond donors (Lipinski definition) is 2. The second-order valence-electron chi connectivity index (χ2n) is 4.32. The number of aryl methyl sites for hydroxylation is 1. The Bertz CT molecular complexity index is 394. The first-order valence-electron chi connectivity index (χ1n) is 5.38. The zero-order chi connectivity index (χ0) is 11.3. The van der Waals surface area contributed by atoms with Gasteiger partial charge >= 0.3 is 0 Å². The molecule has 3 rings (SSSR count). The van der Waals surface area contributed by atoms with Crippen LogP contribution in [0.5, 0.6) is 0 Å². The zero-order valence-corrected chi connectivity index (χ0v) is 8.98. The molecule has 2 bridgehead atoms. The Balaban J connectivity index is 1.97. The first-order chi connectivity index (χ1) is 7.68. The molecule has 5 atom stereocenters. The fourth-order valence-corrected chi connectivity index (χ4v) is 2.43. The van der Waals surface area contributed by atoms with Crippen molar-refractivity contribution in [2.45, 2.75) is 37.5 Å². The van der Waals surface area contributed by atoms with Crippen LogP contribution in [0.25, 0.3) is 0 Å². The van der Waals surface area contributed by atoms with Crippen LogP contribution in [-0.4, -0.2) is 45.8 Å². The summed E-state index contributed by atoms with van der Waals surface area (Å²) in [6, 6.07) is -0.721. The second-order valence-corrected chi connectivity index (χ2v) is 4.32. The van der Waals surface area contributed by atoms with E-state index in [1.807, 2.05) is 11.5 Å². The molecule has 0 spiro atoms. The van der Waals surface area contributed by atoms with Crippen molar-refractivity contribution in [3.63, 3.8) is 0 Å². The van der Waals surface area contributed by atoms with E-state index in [9.17, 15) is 5.11 Å². The van der Waals surface area contributed by atoms with Crippen molar-refractivity contribution < 1.29 is 14.6 Å². The molecule has 0 aromatic carbocycles. The van der Waals surface area contributed by atoms with E-state index < -0.39 is 18.4 Å². The minimum Gasteiger partial charge on any atom is -0.389 e. The summed E-state index contributed by atoms with van der Waals surface area (Å²) in [5.74, 6) is 0.814. The third-order valence-corrected chi connectivity index (χ3v) is 3.37. The van der Waals surface area contributed by atoms with Gasteiger partial charge in [0.1, 0.15) is 18.0 Å². The number of aliphatic hydroxyl groups is 1. The number of aromatic nitrogens is 2. The summed E-state index contributed by atoms with van der Waals surface area (Å²) in [7, 11) is 0. The highest BCUT2D eigenvalue weighted by molar-refractivity contribution is 5.03. The van der Waals surface area contributed by atoms with E-state index in [-0.39, 0.29) is 12.1 Å². The SMILES string of the molecule is Cc1nccn1[C@H]1[C@@H]2OC[C@@H](O2)[C@@H](N)[C@@H]1O. The molecule has 6 heteroatoms. The van der Waals surface area contributed by atoms with E-state index in [0.717, 1.165) is 5.82 Å². The van der Waals surface area contributed by atoms with Crippen molar-refractivity contribution >= 4 is 0 Å². The van der Waals surface area contributed by atoms with Crippen LogP contribution in [0.3, 0.4) is 0 Å². The smallest absolute Gasteiger partial charge is 0.181 e. The van der Waals surface area contributed by atoms with E-state index >= 15 is 0 Å². The van der Waals surface area contributed by atoms with Crippen molar-refractivity contribution in [2.24, 2.45) is 5.73 Å². The van der Waals surface area contributed by atoms with Gasteiger partial charge < -0.3 is 24.9 Å². The number of imidazole rings is 1. The van der Waals surface area contributed by atoms with Gasteiger partial charge in [-0.3, -0.25) is 0 Å². The molecule has 0 unspecified atom stereocenters. The van der Waals surface area contributed by atoms with Gasteiger partial charge in [0, 0.05) is 12.4 Å². The summed E-state index contributed by atoms with van der Waals surface area (Å²) >= 11 is 0. The maximum absolute atomic E-state index is 10.2. The zero-order valence-electron chi connectivity index (χ0n) is 8.98. The molecular weight excluding hydrogens is 210 g/mol. The van der Waals surface area contributed by atoms with Crippen LogP contribution in [-0.2, 0) is 9.47 Å². The van der Waals surface area contributed by atoms with Crippen LogP contribution in [0.1, 0.15) is 11.9 Å². The summed E-state index contributed by atoms with van der Waals surface area (Å²) in [6.07, 6.45) is 2.21. The number of aliphatic hydroxyl groups excluding tert-OH is 1. The summed E-state index contributed by atoms with van der Waals surface area (Å²) in [6.45, 7) is 2.33. The van der Waals surface area contributed by atoms with Crippen LogP contribution < -0.4 is 5.73 Å². The summed E-state index contributed by atoms with van der Waals surface area (Å²) < 4.78 is 13.0. The van der Waals surface area contributed by atoms with E-state index in [1.165, 1.54) is 0 Å². The fourth-order valence-electron chi connectivity index (χ4n) is 2.43. The van der Waals surface area contributed by atoms with Gasteiger partial charge in [0.05, 0.1) is 18.8 Å². The third kappa shape index (κ3) is 1.31. The minimum atomic E-state index is -0.667. The predicted molar refractivity (Wildman–Crippen MR) is 54.6 cm³/mol. The number of nitrogens with two attached hydrogens (primary N) is 1. The van der Waals surface area contributed by atoms with Gasteiger partial charge in [-0.15, -0.1) is 0 Å². The highest BCUT2D eigenvalue weighted by atomic mass is 16.7. The fraction of sp³-hybridized carbons (Fsp3) is 0.700. The molecule has 1 aromatic rings. The molecule has 0 radical (unpaired) electrons. The second kappa shape index (κ2) is 3.53. The Morgan fingerprint density at radius 1 is 1.62 bits per heavy atom. The van der Waals surface area contributed by atoms with E-state index in [2.05, 4.69) is 4.98 Å². The van der Waals surface area contributed by atoms with Gasteiger partial charge in [-0.05, 0) is 6.92 Å². The lowest BCUT2D eigenvalue weighted by molar-refractivity contribution is -0.160. The lowest BCUT2D eigenvalue weighted by atomic mass is 9.97. The van der Waals surface area contributed by atoms with Crippen LogP contribution in [0, 0.1) is 6.92 Å². The quantitative estimate of drug-likeness (QED) is 0.652. The molecule has 88 valence electrons. The van der Waals surface area contributed by atoms with Crippen LogP contribution in [0.15, 0.2) is 12.4 Å². The Hall–Kier alpha value is -0.950. The first kappa shape index (κ1) is 10.2. The Morgan fingerprint density at radius 3 is 3.12 bits per heavy atom. The molecule has 16 heavy (non-hydrogen) atoms. The molecule has 2 aliphatic rings. The number of fused-ring (bicyclic) bond motifs is 2. The summed E-state index contributed by atoms with van der Waals surface area (Å²) in [5, 5.41) is 10.2. The monoisotopic (exact) mass is 225 g/mol. The van der Waals surface area contributed by atoms with E-state index in [4.69, 9.17) is 15.2 Å². The standard InChI is InChI=1S/C10H15N3O3/c1-5-12-2-3-13(5)8-9(14)7(11)6-4-15-10(8)16-6/h2-3,6-10,14H,4,11H2,1H3/t6-,7-,8-,9+,10-/m1/s1. The van der Waals surface area contributed by atoms with Gasteiger partial charge in [0.2, 0.25) is 0 Å². The highest BCUT2D eigenvalue weighted by Crippen LogP contribution is 2.35. The largest absolute Gasteiger partial charge is 0.389 e. The Kier molecular flexibility index (Phi) is 2.25. The molecule has 6 nitrogen and oxygen atoms in total. The first-order valence-corrected chi connectivity index (χ1v) is 5.38. The molecule has 1 aromatic heterocycles. The van der Waals surface area contributed by atoms with Crippen molar-refractivity contribution in [3.05, 3.63) is 18.2 Å². The Morgan fingerprint density at radius 2 is 2.44 bits per heavy atom. The molecule has 2 fully saturated rings. The van der Waals surface area contributed by atoms with Gasteiger partial charge in [-0.2, -0.15) is 0 Å². The molecule has 3 heterocycles. The lowest BCUT2D eigenvalue weighted by Gasteiger charge is -2.37. The number of rotatable bonds is 1. The predicted octanol–water partition coefficient (Wildman–Crippen LogP) is -0.824. The molecule has 2 saturated heterocycles. The maximum atomic E-state index is 10.2. The van der Waals surface area contributed by atoms with Crippen molar-refractivity contribution in [2.75, 3.05) is 6.61 Å². The van der Waals surface area contributed by atoms with Gasteiger partial charge in [-0.1, -0.05) is 0 Å². The molecule has 3 N–H and O–H groups in total. The van der Waals surface area contributed by atoms with Gasteiger partial charge in [-0.25, -0.2) is 4.98 Å². The van der Waals surface area contributed by atoms with Gasteiger partial charge in [0.25, 0.3) is 0 Å². The van der Waals surface area contributed by atoms with Crippen LogP contribution in [0.4, 0.5) is 0 Å². The number of ether oxygens (including phenoxy) is 2. The third-order valence-electron chi connectivity index (χ3n) is 3.37. The van der Waals surface area contributed by atoms with Crippen molar-refractivity contribution in [3.8, 4) is 0 Å². The molecule has 0 amide bonds. The molecular formula is C10H15N3O3. The minimum absolute atomic E-state index is 0.194. The lowest BCUT2D eigenvalue weighted by Crippen LogP contribution is -2.55. The number of hydrogen-bond acceptors (Lipinski definition) is 5. The van der Waals surface area contributed by atoms with Crippen LogP contribution >= 0.6 is 0 Å². The van der Waals surface area contributed by atoms with Crippen molar-refractivity contribution in [1.29, 1.82) is 0 Å². The van der Waals surface area contributed by atoms with E-state index in [0.29, 0.717) is 6.61 Å². The summed E-state index contributed by atoms with van der Waals surface area (Å²) in [5.41, 5.74) is 5.92. The van der Waals surface area contributed by atoms with Gasteiger partial charge in [0.15, 0.2) is 6.29 Å². The molecule has 2 aliphatic heterocycles. The number of nitrogens with zero attached hydrogens (tertiary/aromatic N) is 2. The highest BCUT2D eigenvalue weighted by Gasteiger charge is 2.49. The molecule has 0 aliphatic carbocycles. The normalized spacial score (nSPS) is 42.6. The average molecular weight is 225 g/mol. The average Bonchev–Trinajstić information content (AvgIpc) is 2.86. The van der Waals surface area contributed by atoms with Crippen molar-refractivity contribution in [1.82, 2.24) is 9.55 Å². The topological polar surface area (TPSA) is 82.5 Å². The molecule has 0 saturated carbocycles. The maximum Gasteiger partial charge on any atom is 0.181 e. The summed E-state index contributed by atoms with van der Waals surface area (Å²) in [4.78, 5) is 4.13. The van der Waals surface area contributed by atoms with E-state index in [1.54, 1.807) is 12.4 Å². The van der Waals surface area contributed by atoms with Crippen LogP contribution in [0.2, 0.25) is 0 Å².